The van der Waals surface area contributed by atoms with Gasteiger partial charge in [0, 0.05) is 33.9 Å². The predicted molar refractivity (Wildman–Crippen MR) is 90.7 cm³/mol. The summed E-state index contributed by atoms with van der Waals surface area (Å²) in [7, 11) is 0. The molecule has 3 rings (SSSR count). The van der Waals surface area contributed by atoms with Gasteiger partial charge in [0.25, 0.3) is 0 Å². The van der Waals surface area contributed by atoms with Crippen molar-refractivity contribution in [3.63, 3.8) is 0 Å². The topological polar surface area (TPSA) is 62.2 Å². The molecule has 0 aliphatic carbocycles. The van der Waals surface area contributed by atoms with Gasteiger partial charge in [-0.25, -0.2) is 4.79 Å². The summed E-state index contributed by atoms with van der Waals surface area (Å²) < 4.78 is 0. The average Bonchev–Trinajstić information content (AvgIpc) is 2.47. The lowest BCUT2D eigenvalue weighted by Gasteiger charge is -2.12. The maximum absolute atomic E-state index is 11.3. The number of fused-ring (bicyclic) bond motifs is 1. The van der Waals surface area contributed by atoms with Crippen molar-refractivity contribution in [3.8, 4) is 0 Å². The van der Waals surface area contributed by atoms with Crippen LogP contribution in [0.3, 0.4) is 0 Å². The summed E-state index contributed by atoms with van der Waals surface area (Å²) in [4.78, 5) is 15.4. The summed E-state index contributed by atoms with van der Waals surface area (Å²) in [6.07, 6.45) is 3.46. The normalized spacial score (nSPS) is 10.0. The van der Waals surface area contributed by atoms with Gasteiger partial charge >= 0.3 is 5.97 Å². The van der Waals surface area contributed by atoms with Crippen molar-refractivity contribution in [3.05, 3.63) is 65.4 Å². The number of nitrogens with one attached hydrogen (secondary N) is 1. The van der Waals surface area contributed by atoms with Crippen LogP contribution in [0.15, 0.2) is 54.9 Å². The Morgan fingerprint density at radius 3 is 2.73 bits per heavy atom. The highest BCUT2D eigenvalue weighted by molar-refractivity contribution is 6.31. The van der Waals surface area contributed by atoms with Crippen molar-refractivity contribution in [1.29, 1.82) is 0 Å². The molecule has 1 aromatic heterocycles. The van der Waals surface area contributed by atoms with Gasteiger partial charge in [0.1, 0.15) is 0 Å². The van der Waals surface area contributed by atoms with Crippen LogP contribution in [0.25, 0.3) is 10.8 Å². The minimum absolute atomic E-state index is 0. The molecule has 3 aromatic rings. The molecule has 22 heavy (non-hydrogen) atoms. The number of rotatable bonds is 3. The Morgan fingerprint density at radius 1 is 1.14 bits per heavy atom. The van der Waals surface area contributed by atoms with Crippen molar-refractivity contribution in [2.24, 2.45) is 0 Å². The predicted octanol–water partition coefficient (Wildman–Crippen LogP) is 4.75. The summed E-state index contributed by atoms with van der Waals surface area (Å²) >= 11 is 5.96. The van der Waals surface area contributed by atoms with Crippen molar-refractivity contribution in [2.75, 3.05) is 5.32 Å². The number of hydrogen-bond acceptors (Lipinski definition) is 3. The van der Waals surface area contributed by atoms with Crippen molar-refractivity contribution in [1.82, 2.24) is 4.98 Å². The summed E-state index contributed by atoms with van der Waals surface area (Å²) in [5.74, 6) is -1.00. The van der Waals surface area contributed by atoms with Crippen LogP contribution < -0.4 is 5.32 Å². The van der Waals surface area contributed by atoms with E-state index in [-0.39, 0.29) is 18.0 Å². The first kappa shape index (κ1) is 16.1. The van der Waals surface area contributed by atoms with Crippen molar-refractivity contribution < 1.29 is 9.90 Å². The van der Waals surface area contributed by atoms with Crippen LogP contribution in [0, 0.1) is 0 Å². The van der Waals surface area contributed by atoms with E-state index in [4.69, 9.17) is 11.6 Å². The van der Waals surface area contributed by atoms with E-state index < -0.39 is 5.97 Å². The molecule has 0 amide bonds. The van der Waals surface area contributed by atoms with E-state index in [9.17, 15) is 9.90 Å². The number of carboxylic acids is 1. The quantitative estimate of drug-likeness (QED) is 0.725. The molecule has 0 saturated carbocycles. The zero-order valence-corrected chi connectivity index (χ0v) is 12.9. The van der Waals surface area contributed by atoms with E-state index in [0.717, 1.165) is 16.5 Å². The maximum atomic E-state index is 11.3. The number of halogens is 2. The molecule has 0 aliphatic rings. The van der Waals surface area contributed by atoms with Gasteiger partial charge in [-0.05, 0) is 30.3 Å². The smallest absolute Gasteiger partial charge is 0.337 e. The lowest BCUT2D eigenvalue weighted by Crippen LogP contribution is -2.02. The zero-order valence-electron chi connectivity index (χ0n) is 11.3. The number of anilines is 2. The third kappa shape index (κ3) is 3.13. The standard InChI is InChI=1S/C16H11ClN2O2.ClH/c17-11-4-5-13(16(20)21)15(8-11)19-14-3-1-2-10-9-18-7-6-12(10)14;/h1-9,19H,(H,20,21);1H. The number of nitrogens with zero attached hydrogens (tertiary/aromatic N) is 1. The molecule has 6 heteroatoms. The summed E-state index contributed by atoms with van der Waals surface area (Å²) in [6, 6.07) is 12.2. The minimum Gasteiger partial charge on any atom is -0.478 e. The highest BCUT2D eigenvalue weighted by atomic mass is 35.5. The lowest BCUT2D eigenvalue weighted by atomic mass is 10.1. The SMILES string of the molecule is Cl.O=C(O)c1ccc(Cl)cc1Nc1cccc2cnccc12. The Labute approximate surface area is 138 Å². The molecule has 0 fully saturated rings. The second kappa shape index (κ2) is 6.64. The van der Waals surface area contributed by atoms with Crippen LogP contribution in [0.5, 0.6) is 0 Å². The molecule has 0 saturated heterocycles. The Morgan fingerprint density at radius 2 is 1.95 bits per heavy atom. The highest BCUT2D eigenvalue weighted by Crippen LogP contribution is 2.29. The van der Waals surface area contributed by atoms with E-state index in [1.807, 2.05) is 24.3 Å². The van der Waals surface area contributed by atoms with Crippen molar-refractivity contribution >= 4 is 52.1 Å². The van der Waals surface area contributed by atoms with Gasteiger partial charge in [-0.1, -0.05) is 23.7 Å². The lowest BCUT2D eigenvalue weighted by molar-refractivity contribution is 0.0698. The fourth-order valence-corrected chi connectivity index (χ4v) is 2.36. The number of hydrogen-bond donors (Lipinski definition) is 2. The van der Waals surface area contributed by atoms with E-state index >= 15 is 0 Å². The van der Waals surface area contributed by atoms with E-state index in [2.05, 4.69) is 10.3 Å². The summed E-state index contributed by atoms with van der Waals surface area (Å²) in [5, 5.41) is 14.8. The molecule has 0 atom stereocenters. The summed E-state index contributed by atoms with van der Waals surface area (Å²) in [6.45, 7) is 0. The molecule has 112 valence electrons. The third-order valence-corrected chi connectivity index (χ3v) is 3.40. The van der Waals surface area contributed by atoms with Gasteiger partial charge in [0.15, 0.2) is 0 Å². The molecule has 0 radical (unpaired) electrons. The number of carbonyl (C=O) groups is 1. The van der Waals surface area contributed by atoms with Crippen LogP contribution >= 0.6 is 24.0 Å². The Balaban J connectivity index is 0.00000176. The van der Waals surface area contributed by atoms with Gasteiger partial charge in [-0.3, -0.25) is 4.98 Å². The third-order valence-electron chi connectivity index (χ3n) is 3.16. The van der Waals surface area contributed by atoms with Crippen LogP contribution in [0.2, 0.25) is 5.02 Å². The van der Waals surface area contributed by atoms with Crippen LogP contribution in [0.1, 0.15) is 10.4 Å². The monoisotopic (exact) mass is 334 g/mol. The Hall–Kier alpha value is -2.30. The molecule has 0 spiro atoms. The molecular weight excluding hydrogens is 323 g/mol. The van der Waals surface area contributed by atoms with Gasteiger partial charge < -0.3 is 10.4 Å². The zero-order chi connectivity index (χ0) is 14.8. The molecule has 2 aromatic carbocycles. The molecule has 4 nitrogen and oxygen atoms in total. The molecule has 0 aliphatic heterocycles. The average molecular weight is 335 g/mol. The number of carboxylic acid groups (broad SMARTS) is 1. The number of aromatic nitrogens is 1. The van der Waals surface area contributed by atoms with E-state index in [1.165, 1.54) is 6.07 Å². The van der Waals surface area contributed by atoms with E-state index in [1.54, 1.807) is 24.5 Å². The molecular formula is C16H12Cl2N2O2. The van der Waals surface area contributed by atoms with E-state index in [0.29, 0.717) is 10.7 Å². The van der Waals surface area contributed by atoms with Crippen LogP contribution in [0.4, 0.5) is 11.4 Å². The number of pyridine rings is 1. The summed E-state index contributed by atoms with van der Waals surface area (Å²) in [5.41, 5.74) is 1.43. The molecule has 0 bridgehead atoms. The number of aromatic carboxylic acids is 1. The van der Waals surface area contributed by atoms with Crippen LogP contribution in [-0.2, 0) is 0 Å². The highest BCUT2D eigenvalue weighted by Gasteiger charge is 2.11. The fourth-order valence-electron chi connectivity index (χ4n) is 2.18. The molecule has 2 N–H and O–H groups in total. The Bertz CT molecular complexity index is 832. The molecule has 1 heterocycles. The second-order valence-electron chi connectivity index (χ2n) is 4.52. The first-order valence-corrected chi connectivity index (χ1v) is 6.65. The Kier molecular flexibility index (Phi) is 4.85. The maximum Gasteiger partial charge on any atom is 0.337 e. The van der Waals surface area contributed by atoms with Gasteiger partial charge in [-0.2, -0.15) is 0 Å². The fraction of sp³-hybridized carbons (Fsp3) is 0. The van der Waals surface area contributed by atoms with Crippen LogP contribution in [-0.4, -0.2) is 16.1 Å². The van der Waals surface area contributed by atoms with Crippen molar-refractivity contribution in [2.45, 2.75) is 0 Å². The largest absolute Gasteiger partial charge is 0.478 e. The first-order valence-electron chi connectivity index (χ1n) is 6.28. The number of benzene rings is 2. The van der Waals surface area contributed by atoms with Gasteiger partial charge in [-0.15, -0.1) is 12.4 Å². The van der Waals surface area contributed by atoms with Gasteiger partial charge in [0.2, 0.25) is 0 Å². The molecule has 0 unspecified atom stereocenters. The minimum atomic E-state index is -1.00. The first-order chi connectivity index (χ1) is 10.1. The second-order valence-corrected chi connectivity index (χ2v) is 4.96. The van der Waals surface area contributed by atoms with Gasteiger partial charge in [0.05, 0.1) is 11.3 Å².